The van der Waals surface area contributed by atoms with Crippen molar-refractivity contribution >= 4 is 23.3 Å². The first-order chi connectivity index (χ1) is 8.21. The maximum Gasteiger partial charge on any atom is 0.242 e. The molecule has 0 amide bonds. The van der Waals surface area contributed by atoms with Gasteiger partial charge in [-0.25, -0.2) is 4.98 Å². The first-order valence-corrected chi connectivity index (χ1v) is 6.87. The Labute approximate surface area is 106 Å². The molecule has 6 heteroatoms. The van der Waals surface area contributed by atoms with Gasteiger partial charge in [0.25, 0.3) is 0 Å². The first kappa shape index (κ1) is 12.3. The van der Waals surface area contributed by atoms with Crippen LogP contribution in [0.4, 0.5) is 11.5 Å². The van der Waals surface area contributed by atoms with Gasteiger partial charge in [-0.3, -0.25) is 0 Å². The minimum atomic E-state index is 0.352. The van der Waals surface area contributed by atoms with E-state index in [0.29, 0.717) is 22.1 Å². The summed E-state index contributed by atoms with van der Waals surface area (Å²) in [5.74, 6) is 1.09. The standard InChI is InChI=1S/C11H18N4OS/c1-16-10-8(12)9(14-7-15-10)13-6-11(17-2)4-3-5-11/h7H,3-6,12H2,1-2H3,(H,13,14,15). The largest absolute Gasteiger partial charge is 0.479 e. The molecule has 2 rings (SSSR count). The molecule has 1 aromatic rings. The highest BCUT2D eigenvalue weighted by atomic mass is 32.2. The molecule has 1 heterocycles. The van der Waals surface area contributed by atoms with Gasteiger partial charge in [-0.15, -0.1) is 0 Å². The molecule has 1 aliphatic rings. The molecule has 0 bridgehead atoms. The molecule has 1 aliphatic carbocycles. The van der Waals surface area contributed by atoms with Crippen LogP contribution in [-0.4, -0.2) is 34.6 Å². The quantitative estimate of drug-likeness (QED) is 0.834. The highest BCUT2D eigenvalue weighted by Crippen LogP contribution is 2.43. The van der Waals surface area contributed by atoms with E-state index in [1.807, 2.05) is 11.8 Å². The lowest BCUT2D eigenvalue weighted by Gasteiger charge is -2.40. The monoisotopic (exact) mass is 254 g/mol. The average molecular weight is 254 g/mol. The number of hydrogen-bond acceptors (Lipinski definition) is 6. The fraction of sp³-hybridized carbons (Fsp3) is 0.636. The third-order valence-electron chi connectivity index (χ3n) is 3.32. The van der Waals surface area contributed by atoms with E-state index in [-0.39, 0.29) is 0 Å². The van der Waals surface area contributed by atoms with Crippen LogP contribution in [0.5, 0.6) is 5.88 Å². The van der Waals surface area contributed by atoms with Crippen LogP contribution in [0.15, 0.2) is 6.33 Å². The fourth-order valence-electron chi connectivity index (χ4n) is 1.95. The molecule has 0 aliphatic heterocycles. The van der Waals surface area contributed by atoms with E-state index in [4.69, 9.17) is 10.5 Å². The Morgan fingerprint density at radius 1 is 1.53 bits per heavy atom. The van der Waals surface area contributed by atoms with Crippen molar-refractivity contribution in [2.45, 2.75) is 24.0 Å². The van der Waals surface area contributed by atoms with Crippen molar-refractivity contribution in [3.05, 3.63) is 6.33 Å². The van der Waals surface area contributed by atoms with Crippen molar-refractivity contribution in [3.63, 3.8) is 0 Å². The van der Waals surface area contributed by atoms with Gasteiger partial charge in [-0.2, -0.15) is 16.7 Å². The highest BCUT2D eigenvalue weighted by Gasteiger charge is 2.36. The molecule has 5 nitrogen and oxygen atoms in total. The van der Waals surface area contributed by atoms with Gasteiger partial charge in [-0.1, -0.05) is 6.42 Å². The van der Waals surface area contributed by atoms with Crippen LogP contribution in [0, 0.1) is 0 Å². The van der Waals surface area contributed by atoms with Gasteiger partial charge in [0.2, 0.25) is 5.88 Å². The van der Waals surface area contributed by atoms with Crippen molar-refractivity contribution in [2.75, 3.05) is 31.0 Å². The van der Waals surface area contributed by atoms with Gasteiger partial charge >= 0.3 is 0 Å². The number of nitrogen functional groups attached to an aromatic ring is 1. The van der Waals surface area contributed by atoms with Crippen LogP contribution < -0.4 is 15.8 Å². The molecule has 94 valence electrons. The molecule has 0 spiro atoms. The van der Waals surface area contributed by atoms with Gasteiger partial charge in [0.1, 0.15) is 12.0 Å². The van der Waals surface area contributed by atoms with Crippen LogP contribution in [0.2, 0.25) is 0 Å². The predicted molar refractivity (Wildman–Crippen MR) is 71.6 cm³/mol. The average Bonchev–Trinajstić information content (AvgIpc) is 2.30. The lowest BCUT2D eigenvalue weighted by Crippen LogP contribution is -2.40. The minimum Gasteiger partial charge on any atom is -0.479 e. The van der Waals surface area contributed by atoms with Gasteiger partial charge < -0.3 is 15.8 Å². The fourth-order valence-corrected chi connectivity index (χ4v) is 2.87. The summed E-state index contributed by atoms with van der Waals surface area (Å²) in [7, 11) is 1.55. The number of nitrogens with two attached hydrogens (primary N) is 1. The third kappa shape index (κ3) is 2.41. The van der Waals surface area contributed by atoms with E-state index in [1.165, 1.54) is 25.6 Å². The van der Waals surface area contributed by atoms with Crippen molar-refractivity contribution in [1.29, 1.82) is 0 Å². The third-order valence-corrected chi connectivity index (χ3v) is 4.74. The van der Waals surface area contributed by atoms with Gasteiger partial charge in [0, 0.05) is 11.3 Å². The second kappa shape index (κ2) is 5.00. The summed E-state index contributed by atoms with van der Waals surface area (Å²) in [4.78, 5) is 8.10. The second-order valence-corrected chi connectivity index (χ2v) is 5.51. The van der Waals surface area contributed by atoms with E-state index < -0.39 is 0 Å². The Morgan fingerprint density at radius 3 is 2.82 bits per heavy atom. The Hall–Kier alpha value is -1.17. The van der Waals surface area contributed by atoms with Crippen LogP contribution in [0.25, 0.3) is 0 Å². The molecule has 3 N–H and O–H groups in total. The lowest BCUT2D eigenvalue weighted by molar-refractivity contribution is 0.379. The summed E-state index contributed by atoms with van der Waals surface area (Å²) < 4.78 is 5.41. The Kier molecular flexibility index (Phi) is 3.61. The number of nitrogens with zero attached hydrogens (tertiary/aromatic N) is 2. The molecule has 0 unspecified atom stereocenters. The van der Waals surface area contributed by atoms with Gasteiger partial charge in [-0.05, 0) is 19.1 Å². The molecule has 0 radical (unpaired) electrons. The maximum absolute atomic E-state index is 5.90. The van der Waals surface area contributed by atoms with Crippen molar-refractivity contribution < 1.29 is 4.74 Å². The highest BCUT2D eigenvalue weighted by molar-refractivity contribution is 8.00. The van der Waals surface area contributed by atoms with Gasteiger partial charge in [0.15, 0.2) is 5.82 Å². The number of methoxy groups -OCH3 is 1. The topological polar surface area (TPSA) is 73.1 Å². The number of nitrogens with one attached hydrogen (secondary N) is 1. The molecule has 0 atom stereocenters. The van der Waals surface area contributed by atoms with E-state index in [1.54, 1.807) is 7.11 Å². The molecule has 1 saturated carbocycles. The first-order valence-electron chi connectivity index (χ1n) is 5.64. The number of thioether (sulfide) groups is 1. The van der Waals surface area contributed by atoms with Crippen LogP contribution in [0.1, 0.15) is 19.3 Å². The van der Waals surface area contributed by atoms with Crippen molar-refractivity contribution in [1.82, 2.24) is 9.97 Å². The van der Waals surface area contributed by atoms with Crippen molar-refractivity contribution in [2.24, 2.45) is 0 Å². The van der Waals surface area contributed by atoms with Crippen LogP contribution >= 0.6 is 11.8 Å². The number of hydrogen-bond donors (Lipinski definition) is 2. The Balaban J connectivity index is 2.04. The summed E-state index contributed by atoms with van der Waals surface area (Å²) in [6.07, 6.45) is 7.44. The number of ether oxygens (including phenoxy) is 1. The minimum absolute atomic E-state index is 0.352. The molecule has 1 aromatic heterocycles. The Morgan fingerprint density at radius 2 is 2.29 bits per heavy atom. The predicted octanol–water partition coefficient (Wildman–Crippen LogP) is 1.76. The van der Waals surface area contributed by atoms with E-state index in [2.05, 4.69) is 21.5 Å². The smallest absolute Gasteiger partial charge is 0.242 e. The molecule has 0 aromatic carbocycles. The van der Waals surface area contributed by atoms with Crippen LogP contribution in [0.3, 0.4) is 0 Å². The zero-order valence-electron chi connectivity index (χ0n) is 10.2. The summed E-state index contributed by atoms with van der Waals surface area (Å²) in [6, 6.07) is 0. The Bertz CT molecular complexity index is 390. The number of rotatable bonds is 5. The molecular formula is C11H18N4OS. The summed E-state index contributed by atoms with van der Waals surface area (Å²) in [5, 5.41) is 3.30. The normalized spacial score (nSPS) is 17.3. The molecular weight excluding hydrogens is 236 g/mol. The van der Waals surface area contributed by atoms with E-state index in [0.717, 1.165) is 6.54 Å². The zero-order valence-corrected chi connectivity index (χ0v) is 11.0. The summed E-state index contributed by atoms with van der Waals surface area (Å²) >= 11 is 1.92. The van der Waals surface area contributed by atoms with E-state index in [9.17, 15) is 0 Å². The molecule has 17 heavy (non-hydrogen) atoms. The van der Waals surface area contributed by atoms with E-state index >= 15 is 0 Å². The molecule has 1 fully saturated rings. The van der Waals surface area contributed by atoms with Crippen molar-refractivity contribution in [3.8, 4) is 5.88 Å². The lowest BCUT2D eigenvalue weighted by atomic mass is 9.84. The molecule has 0 saturated heterocycles. The van der Waals surface area contributed by atoms with Crippen LogP contribution in [-0.2, 0) is 0 Å². The number of aromatic nitrogens is 2. The maximum atomic E-state index is 5.90. The SMILES string of the molecule is COc1ncnc(NCC2(SC)CCC2)c1N. The number of anilines is 2. The summed E-state index contributed by atoms with van der Waals surface area (Å²) in [5.41, 5.74) is 6.38. The summed E-state index contributed by atoms with van der Waals surface area (Å²) in [6.45, 7) is 0.887. The zero-order chi connectivity index (χ0) is 12.3. The second-order valence-electron chi connectivity index (χ2n) is 4.24. The van der Waals surface area contributed by atoms with Gasteiger partial charge in [0.05, 0.1) is 7.11 Å².